The number of aldehydes is 1. The molecule has 22 heavy (non-hydrogen) atoms. The molecular weight excluding hydrogens is 326 g/mol. The fraction of sp³-hybridized carbons (Fsp3) is 0.188. The fourth-order valence-electron chi connectivity index (χ4n) is 1.31. The van der Waals surface area contributed by atoms with Crippen LogP contribution in [0.5, 0.6) is 0 Å². The van der Waals surface area contributed by atoms with Crippen LogP contribution in [0.25, 0.3) is 12.2 Å². The molecule has 118 valence electrons. The van der Waals surface area contributed by atoms with Crippen LogP contribution < -0.4 is 0 Å². The summed E-state index contributed by atoms with van der Waals surface area (Å²) >= 11 is 2.90. The SMILES string of the molecule is CCOCC(F)=Cc1cccs1.O=CC(F)=Cc1cccs1. The minimum Gasteiger partial charge on any atom is -0.375 e. The number of hydrogen-bond acceptors (Lipinski definition) is 4. The van der Waals surface area contributed by atoms with E-state index in [0.29, 0.717) is 6.61 Å². The summed E-state index contributed by atoms with van der Waals surface area (Å²) in [5.41, 5.74) is 0. The molecule has 0 N–H and O–H groups in total. The Morgan fingerprint density at radius 3 is 2.18 bits per heavy atom. The van der Waals surface area contributed by atoms with Gasteiger partial charge in [-0.2, -0.15) is 0 Å². The Kier molecular flexibility index (Phi) is 9.21. The van der Waals surface area contributed by atoms with E-state index in [2.05, 4.69) is 0 Å². The lowest BCUT2D eigenvalue weighted by atomic mass is 10.4. The highest BCUT2D eigenvalue weighted by Gasteiger charge is 1.95. The number of carbonyl (C=O) groups excluding carboxylic acids is 1. The number of ether oxygens (including phenoxy) is 1. The lowest BCUT2D eigenvalue weighted by Gasteiger charge is -1.96. The van der Waals surface area contributed by atoms with Gasteiger partial charge in [0.1, 0.15) is 5.83 Å². The Hall–Kier alpha value is -1.63. The summed E-state index contributed by atoms with van der Waals surface area (Å²) in [6, 6.07) is 7.31. The Balaban J connectivity index is 0.000000224. The van der Waals surface area contributed by atoms with E-state index in [9.17, 15) is 13.6 Å². The summed E-state index contributed by atoms with van der Waals surface area (Å²) in [6.45, 7) is 2.47. The largest absolute Gasteiger partial charge is 0.375 e. The van der Waals surface area contributed by atoms with Crippen LogP contribution in [0.1, 0.15) is 16.7 Å². The highest BCUT2D eigenvalue weighted by molar-refractivity contribution is 7.11. The molecule has 0 aliphatic carbocycles. The van der Waals surface area contributed by atoms with Gasteiger partial charge in [0, 0.05) is 16.4 Å². The molecule has 2 heterocycles. The second-order valence-electron chi connectivity index (χ2n) is 3.91. The first-order valence-electron chi connectivity index (χ1n) is 6.49. The molecular formula is C16H16F2O2S2. The third-order valence-electron chi connectivity index (χ3n) is 2.22. The number of thiophene rings is 2. The van der Waals surface area contributed by atoms with Crippen LogP contribution in [0.4, 0.5) is 8.78 Å². The van der Waals surface area contributed by atoms with Crippen molar-refractivity contribution in [3.8, 4) is 0 Å². The second-order valence-corrected chi connectivity index (χ2v) is 5.86. The molecule has 6 heteroatoms. The minimum absolute atomic E-state index is 0.0778. The first-order chi connectivity index (χ1) is 10.7. The highest BCUT2D eigenvalue weighted by atomic mass is 32.1. The zero-order valence-electron chi connectivity index (χ0n) is 12.0. The van der Waals surface area contributed by atoms with Crippen molar-refractivity contribution in [2.24, 2.45) is 0 Å². The summed E-state index contributed by atoms with van der Waals surface area (Å²) < 4.78 is 30.0. The molecule has 2 aromatic rings. The number of rotatable bonds is 6. The van der Waals surface area contributed by atoms with Gasteiger partial charge in [-0.15, -0.1) is 22.7 Å². The summed E-state index contributed by atoms with van der Waals surface area (Å²) in [6.07, 6.45) is 2.90. The average molecular weight is 342 g/mol. The van der Waals surface area contributed by atoms with Gasteiger partial charge in [0.15, 0.2) is 12.1 Å². The molecule has 0 aliphatic rings. The summed E-state index contributed by atoms with van der Waals surface area (Å²) in [4.78, 5) is 11.5. The van der Waals surface area contributed by atoms with Crippen LogP contribution in [0, 0.1) is 0 Å². The molecule has 0 bridgehead atoms. The summed E-state index contributed by atoms with van der Waals surface area (Å²) in [5, 5.41) is 3.74. The van der Waals surface area contributed by atoms with Gasteiger partial charge < -0.3 is 4.74 Å². The third-order valence-corrected chi connectivity index (χ3v) is 3.86. The molecule has 0 saturated heterocycles. The first-order valence-corrected chi connectivity index (χ1v) is 8.24. The molecule has 0 aromatic carbocycles. The maximum Gasteiger partial charge on any atom is 0.178 e. The monoisotopic (exact) mass is 342 g/mol. The van der Waals surface area contributed by atoms with E-state index in [1.165, 1.54) is 34.8 Å². The van der Waals surface area contributed by atoms with Crippen molar-refractivity contribution >= 4 is 41.1 Å². The number of halogens is 2. The van der Waals surface area contributed by atoms with Crippen LogP contribution in [0.15, 0.2) is 46.7 Å². The molecule has 0 amide bonds. The van der Waals surface area contributed by atoms with Crippen LogP contribution in [0.2, 0.25) is 0 Å². The predicted octanol–water partition coefficient (Wildman–Crippen LogP) is 5.35. The molecule has 0 aliphatic heterocycles. The van der Waals surface area contributed by atoms with Gasteiger partial charge in [-0.25, -0.2) is 8.78 Å². The lowest BCUT2D eigenvalue weighted by Crippen LogP contribution is -1.92. The van der Waals surface area contributed by atoms with Crippen molar-refractivity contribution in [2.75, 3.05) is 13.2 Å². The molecule has 2 aromatic heterocycles. The number of hydrogen-bond donors (Lipinski definition) is 0. The van der Waals surface area contributed by atoms with E-state index in [1.54, 1.807) is 12.1 Å². The Morgan fingerprint density at radius 2 is 1.73 bits per heavy atom. The summed E-state index contributed by atoms with van der Waals surface area (Å²) in [5.74, 6) is -0.957. The van der Waals surface area contributed by atoms with Crippen molar-refractivity contribution < 1.29 is 18.3 Å². The lowest BCUT2D eigenvalue weighted by molar-refractivity contribution is -0.106. The van der Waals surface area contributed by atoms with E-state index in [1.807, 2.05) is 29.8 Å². The van der Waals surface area contributed by atoms with Crippen LogP contribution in [-0.4, -0.2) is 19.5 Å². The number of carbonyl (C=O) groups is 1. The molecule has 0 spiro atoms. The maximum absolute atomic E-state index is 12.9. The van der Waals surface area contributed by atoms with Crippen molar-refractivity contribution in [3.63, 3.8) is 0 Å². The zero-order chi connectivity index (χ0) is 16.2. The van der Waals surface area contributed by atoms with Crippen LogP contribution >= 0.6 is 22.7 Å². The molecule has 0 saturated carbocycles. The summed E-state index contributed by atoms with van der Waals surface area (Å²) in [7, 11) is 0. The third kappa shape index (κ3) is 7.97. The van der Waals surface area contributed by atoms with Crippen molar-refractivity contribution in [3.05, 3.63) is 56.4 Å². The van der Waals surface area contributed by atoms with E-state index in [4.69, 9.17) is 4.74 Å². The van der Waals surface area contributed by atoms with Gasteiger partial charge in [-0.05, 0) is 42.0 Å². The van der Waals surface area contributed by atoms with Crippen LogP contribution in [-0.2, 0) is 9.53 Å². The van der Waals surface area contributed by atoms with Crippen molar-refractivity contribution in [2.45, 2.75) is 6.92 Å². The Bertz CT molecular complexity index is 588. The van der Waals surface area contributed by atoms with E-state index >= 15 is 0 Å². The molecule has 0 fully saturated rings. The van der Waals surface area contributed by atoms with Gasteiger partial charge in [0.25, 0.3) is 0 Å². The predicted molar refractivity (Wildman–Crippen MR) is 89.4 cm³/mol. The number of allylic oxidation sites excluding steroid dienone is 1. The van der Waals surface area contributed by atoms with E-state index < -0.39 is 5.83 Å². The van der Waals surface area contributed by atoms with Gasteiger partial charge >= 0.3 is 0 Å². The standard InChI is InChI=1S/C9H11FOS.C7H5FOS/c1-2-11-7-8(10)6-9-4-3-5-12-9;8-6(5-9)4-7-2-1-3-10-7/h3-6H,2,7H2,1H3;1-5H. The van der Waals surface area contributed by atoms with Crippen molar-refractivity contribution in [1.82, 2.24) is 0 Å². The second kappa shape index (κ2) is 11.0. The minimum atomic E-state index is -0.734. The Labute approximate surface area is 136 Å². The van der Waals surface area contributed by atoms with Gasteiger partial charge in [0.2, 0.25) is 0 Å². The Morgan fingerprint density at radius 1 is 1.14 bits per heavy atom. The average Bonchev–Trinajstić information content (AvgIpc) is 3.19. The van der Waals surface area contributed by atoms with Crippen molar-refractivity contribution in [1.29, 1.82) is 0 Å². The molecule has 0 radical (unpaired) electrons. The molecule has 0 unspecified atom stereocenters. The van der Waals surface area contributed by atoms with Gasteiger partial charge in [-0.3, -0.25) is 4.79 Å². The van der Waals surface area contributed by atoms with Gasteiger partial charge in [-0.1, -0.05) is 12.1 Å². The zero-order valence-corrected chi connectivity index (χ0v) is 13.6. The molecule has 0 atom stereocenters. The van der Waals surface area contributed by atoms with Gasteiger partial charge in [0.05, 0.1) is 6.61 Å². The topological polar surface area (TPSA) is 26.3 Å². The molecule has 2 nitrogen and oxygen atoms in total. The molecule has 2 rings (SSSR count). The fourth-order valence-corrected chi connectivity index (χ4v) is 2.63. The van der Waals surface area contributed by atoms with Crippen LogP contribution in [0.3, 0.4) is 0 Å². The quantitative estimate of drug-likeness (QED) is 0.522. The first kappa shape index (κ1) is 18.4. The maximum atomic E-state index is 12.9. The highest BCUT2D eigenvalue weighted by Crippen LogP contribution is 2.14. The van der Waals surface area contributed by atoms with E-state index in [-0.39, 0.29) is 18.7 Å². The normalized spacial score (nSPS) is 11.8. The smallest absolute Gasteiger partial charge is 0.178 e. The van der Waals surface area contributed by atoms with E-state index in [0.717, 1.165) is 9.75 Å².